The monoisotopic (exact) mass is 296 g/mol. The Kier molecular flexibility index (Phi) is 8.84. The number of nitrogens with one attached hydrogen (secondary N) is 1. The lowest BCUT2D eigenvalue weighted by Crippen LogP contribution is -2.35. The summed E-state index contributed by atoms with van der Waals surface area (Å²) in [5, 5.41) is 2.93. The van der Waals surface area contributed by atoms with E-state index in [9.17, 15) is 4.79 Å². The number of rotatable bonds is 3. The predicted octanol–water partition coefficient (Wildman–Crippen LogP) is 4.81. The lowest BCUT2D eigenvalue weighted by molar-refractivity contribution is -0.123. The highest BCUT2D eigenvalue weighted by Gasteiger charge is 2.31. The number of hydrogen-bond donors (Lipinski definition) is 1. The van der Waals surface area contributed by atoms with Crippen molar-refractivity contribution in [2.45, 2.75) is 87.1 Å². The summed E-state index contributed by atoms with van der Waals surface area (Å²) >= 11 is 0. The molecule has 3 unspecified atom stereocenters. The van der Waals surface area contributed by atoms with Gasteiger partial charge in [0.05, 0.1) is 6.04 Å². The maximum absolute atomic E-state index is 11.8. The summed E-state index contributed by atoms with van der Waals surface area (Å²) in [7, 11) is 0. The van der Waals surface area contributed by atoms with Crippen molar-refractivity contribution in [2.75, 3.05) is 0 Å². The molecule has 1 aliphatic carbocycles. The fraction of sp³-hybridized carbons (Fsp3) is 0.889. The molecule has 3 atom stereocenters. The Morgan fingerprint density at radius 3 is 2.38 bits per heavy atom. The Morgan fingerprint density at radius 2 is 1.90 bits per heavy atom. The first-order valence-corrected chi connectivity index (χ1v) is 8.58. The van der Waals surface area contributed by atoms with E-state index in [1.165, 1.54) is 6.42 Å². The van der Waals surface area contributed by atoms with Gasteiger partial charge in [-0.25, -0.2) is 0 Å². The van der Waals surface area contributed by atoms with Crippen molar-refractivity contribution in [1.82, 2.24) is 5.32 Å². The van der Waals surface area contributed by atoms with Crippen molar-refractivity contribution in [1.29, 1.82) is 0 Å². The Labute approximate surface area is 132 Å². The third kappa shape index (κ3) is 7.63. The van der Waals surface area contributed by atoms with Crippen molar-refractivity contribution in [3.05, 3.63) is 0 Å². The van der Waals surface area contributed by atoms with Gasteiger partial charge in [0.2, 0.25) is 5.91 Å². The highest BCUT2D eigenvalue weighted by Crippen LogP contribution is 2.39. The molecule has 0 aliphatic heterocycles. The van der Waals surface area contributed by atoms with Crippen LogP contribution in [0.4, 0.5) is 0 Å². The van der Waals surface area contributed by atoms with Gasteiger partial charge in [0.1, 0.15) is 5.84 Å². The topological polar surface area (TPSA) is 41.5 Å². The Morgan fingerprint density at radius 1 is 1.33 bits per heavy atom. The molecule has 0 aromatic heterocycles. The van der Waals surface area contributed by atoms with Gasteiger partial charge in [-0.2, -0.15) is 0 Å². The molecule has 0 radical (unpaired) electrons. The highest BCUT2D eigenvalue weighted by atomic mass is 16.1. The van der Waals surface area contributed by atoms with Crippen LogP contribution in [0, 0.1) is 17.3 Å². The average molecular weight is 296 g/mol. The van der Waals surface area contributed by atoms with E-state index in [1.807, 2.05) is 34.6 Å². The SMILES string of the molecule is CC.CCC(C)C(=O)NC(C)=NC1CC(C)CC(C)(C)C1. The van der Waals surface area contributed by atoms with Gasteiger partial charge in [0.15, 0.2) is 0 Å². The largest absolute Gasteiger partial charge is 0.315 e. The lowest BCUT2D eigenvalue weighted by atomic mass is 9.71. The molecule has 0 heterocycles. The van der Waals surface area contributed by atoms with Crippen LogP contribution >= 0.6 is 0 Å². The van der Waals surface area contributed by atoms with Crippen LogP contribution in [0.15, 0.2) is 4.99 Å². The average Bonchev–Trinajstić information content (AvgIpc) is 2.37. The highest BCUT2D eigenvalue weighted by molar-refractivity contribution is 5.97. The minimum Gasteiger partial charge on any atom is -0.315 e. The molecule has 0 aromatic carbocycles. The van der Waals surface area contributed by atoms with Crippen LogP contribution in [0.1, 0.15) is 81.1 Å². The molecule has 0 bridgehead atoms. The van der Waals surface area contributed by atoms with Crippen LogP contribution < -0.4 is 5.32 Å². The zero-order valence-corrected chi connectivity index (χ0v) is 15.4. The Bertz CT molecular complexity index is 347. The second kappa shape index (κ2) is 9.22. The molecule has 1 fully saturated rings. The standard InChI is InChI=1S/C16H30N2O.C2H6/c1-7-12(3)15(19)18-13(4)17-14-8-11(2)9-16(5,6)10-14;1-2/h11-12,14H,7-10H2,1-6H3,(H,17,18,19);1-2H3. The van der Waals surface area contributed by atoms with Crippen LogP contribution in [0.25, 0.3) is 0 Å². The van der Waals surface area contributed by atoms with E-state index in [1.54, 1.807) is 0 Å². The summed E-state index contributed by atoms with van der Waals surface area (Å²) in [5.74, 6) is 1.65. The van der Waals surface area contributed by atoms with E-state index < -0.39 is 0 Å². The molecule has 1 amide bonds. The molecule has 21 heavy (non-hydrogen) atoms. The van der Waals surface area contributed by atoms with Gasteiger partial charge in [0.25, 0.3) is 0 Å². The van der Waals surface area contributed by atoms with Gasteiger partial charge < -0.3 is 5.32 Å². The number of carbonyl (C=O) groups is 1. The second-order valence-electron chi connectivity index (χ2n) is 7.08. The lowest BCUT2D eigenvalue weighted by Gasteiger charge is -2.37. The number of aliphatic imine (C=N–C) groups is 1. The molecule has 1 N–H and O–H groups in total. The first-order valence-electron chi connectivity index (χ1n) is 8.58. The normalized spacial score (nSPS) is 26.4. The minimum atomic E-state index is 0.0619. The minimum absolute atomic E-state index is 0.0619. The number of amides is 1. The molecule has 124 valence electrons. The van der Waals surface area contributed by atoms with Crippen LogP contribution in [0.3, 0.4) is 0 Å². The molecule has 3 heteroatoms. The summed E-state index contributed by atoms with van der Waals surface area (Å²) in [5.41, 5.74) is 0.368. The van der Waals surface area contributed by atoms with Gasteiger partial charge in [-0.15, -0.1) is 0 Å². The van der Waals surface area contributed by atoms with Crippen LogP contribution in [0.5, 0.6) is 0 Å². The second-order valence-corrected chi connectivity index (χ2v) is 7.08. The smallest absolute Gasteiger partial charge is 0.228 e. The molecular formula is C18H36N2O. The summed E-state index contributed by atoms with van der Waals surface area (Å²) in [6.07, 6.45) is 4.40. The summed E-state index contributed by atoms with van der Waals surface area (Å²) in [6, 6.07) is 0.357. The van der Waals surface area contributed by atoms with E-state index in [-0.39, 0.29) is 11.8 Å². The van der Waals surface area contributed by atoms with Crippen molar-refractivity contribution < 1.29 is 4.79 Å². The predicted molar refractivity (Wildman–Crippen MR) is 92.6 cm³/mol. The molecular weight excluding hydrogens is 260 g/mol. The van der Waals surface area contributed by atoms with Gasteiger partial charge in [-0.05, 0) is 43.9 Å². The van der Waals surface area contributed by atoms with Gasteiger partial charge >= 0.3 is 0 Å². The van der Waals surface area contributed by atoms with E-state index in [4.69, 9.17) is 4.99 Å². The zero-order valence-electron chi connectivity index (χ0n) is 15.4. The molecule has 0 aromatic rings. The number of nitrogens with zero attached hydrogens (tertiary/aromatic N) is 1. The number of carbonyl (C=O) groups excluding carboxylic acids is 1. The fourth-order valence-electron chi connectivity index (χ4n) is 3.19. The Balaban J connectivity index is 0.00000191. The van der Waals surface area contributed by atoms with Crippen molar-refractivity contribution >= 4 is 11.7 Å². The summed E-state index contributed by atoms with van der Waals surface area (Å²) < 4.78 is 0. The van der Waals surface area contributed by atoms with Crippen molar-refractivity contribution in [3.63, 3.8) is 0 Å². The maximum Gasteiger partial charge on any atom is 0.228 e. The Hall–Kier alpha value is -0.860. The first-order chi connectivity index (χ1) is 9.73. The van der Waals surface area contributed by atoms with Gasteiger partial charge in [-0.3, -0.25) is 9.79 Å². The molecule has 1 aliphatic rings. The molecule has 0 saturated heterocycles. The van der Waals surface area contributed by atoms with Gasteiger partial charge in [0, 0.05) is 5.92 Å². The molecule has 1 rings (SSSR count). The zero-order chi connectivity index (χ0) is 16.6. The maximum atomic E-state index is 11.8. The van der Waals surface area contributed by atoms with E-state index in [2.05, 4.69) is 26.1 Å². The van der Waals surface area contributed by atoms with E-state index in [0.29, 0.717) is 11.5 Å². The third-order valence-corrected chi connectivity index (χ3v) is 4.10. The molecule has 1 saturated carbocycles. The van der Waals surface area contributed by atoms with Crippen molar-refractivity contribution in [2.24, 2.45) is 22.2 Å². The molecule has 0 spiro atoms. The third-order valence-electron chi connectivity index (χ3n) is 4.10. The molecule has 3 nitrogen and oxygen atoms in total. The summed E-state index contributed by atoms with van der Waals surface area (Å²) in [4.78, 5) is 16.5. The van der Waals surface area contributed by atoms with Crippen LogP contribution in [-0.2, 0) is 4.79 Å². The van der Waals surface area contributed by atoms with E-state index >= 15 is 0 Å². The van der Waals surface area contributed by atoms with E-state index in [0.717, 1.165) is 31.0 Å². The fourth-order valence-corrected chi connectivity index (χ4v) is 3.19. The number of amidine groups is 1. The van der Waals surface area contributed by atoms with Crippen LogP contribution in [-0.4, -0.2) is 17.8 Å². The number of hydrogen-bond acceptors (Lipinski definition) is 2. The summed E-state index contributed by atoms with van der Waals surface area (Å²) in [6.45, 7) is 16.8. The quantitative estimate of drug-likeness (QED) is 0.589. The van der Waals surface area contributed by atoms with Crippen LogP contribution in [0.2, 0.25) is 0 Å². The van der Waals surface area contributed by atoms with Gasteiger partial charge in [-0.1, -0.05) is 48.5 Å². The first kappa shape index (κ1) is 20.1. The van der Waals surface area contributed by atoms with Crippen molar-refractivity contribution in [3.8, 4) is 0 Å².